The highest BCUT2D eigenvalue weighted by Crippen LogP contribution is 2.64. The van der Waals surface area contributed by atoms with E-state index < -0.39 is 0 Å². The summed E-state index contributed by atoms with van der Waals surface area (Å²) in [7, 11) is 4.39. The molecule has 184 valence electrons. The van der Waals surface area contributed by atoms with Gasteiger partial charge in [-0.05, 0) is 50.0 Å². The van der Waals surface area contributed by atoms with Crippen molar-refractivity contribution in [1.82, 2.24) is 4.90 Å². The third-order valence-corrected chi connectivity index (χ3v) is 10.2. The number of quaternary nitrogens is 1. The standard InChI is InChI=1S/C29H34N2O4/c1-30(26(33)10-5-19-11-14-34-17-19)22-7-6-21-23-15-20-24(32)8-9-25-27(20)29(21,28(22)35-25)12-13-31(23,2)16-18-3-4-18/h5,8-11,14,17-18,21-23,28H,3-4,6-7,12-13,15-16H2,1-2H3/p+1/b10-5+/t21-,22+,23-,28?,29+,31-/m0/s1. The minimum absolute atomic E-state index is 0.00815. The van der Waals surface area contributed by atoms with Gasteiger partial charge in [0.05, 0.1) is 50.2 Å². The van der Waals surface area contributed by atoms with E-state index in [1.807, 2.05) is 36.2 Å². The average Bonchev–Trinajstić information content (AvgIpc) is 3.37. The van der Waals surface area contributed by atoms with Crippen molar-refractivity contribution in [2.24, 2.45) is 11.8 Å². The molecule has 2 bridgehead atoms. The fraction of sp³-hybridized carbons (Fsp3) is 0.552. The molecule has 6 atom stereocenters. The molecule has 1 aromatic heterocycles. The lowest BCUT2D eigenvalue weighted by Crippen LogP contribution is -2.73. The second-order valence-corrected chi connectivity index (χ2v) is 12.0. The normalized spacial score (nSPS) is 36.6. The van der Waals surface area contributed by atoms with Gasteiger partial charge in [-0.25, -0.2) is 0 Å². The number of phenols is 1. The number of furan rings is 1. The molecule has 35 heavy (non-hydrogen) atoms. The zero-order chi connectivity index (χ0) is 23.9. The second kappa shape index (κ2) is 7.39. The molecule has 3 heterocycles. The van der Waals surface area contributed by atoms with Crippen LogP contribution in [0.25, 0.3) is 6.08 Å². The lowest BCUT2D eigenvalue weighted by molar-refractivity contribution is -0.946. The van der Waals surface area contributed by atoms with Gasteiger partial charge in [0.1, 0.15) is 17.6 Å². The molecule has 6 nitrogen and oxygen atoms in total. The highest BCUT2D eigenvalue weighted by molar-refractivity contribution is 5.91. The third-order valence-electron chi connectivity index (χ3n) is 10.2. The van der Waals surface area contributed by atoms with Gasteiger partial charge in [0, 0.05) is 54.5 Å². The fourth-order valence-corrected chi connectivity index (χ4v) is 8.32. The predicted octanol–water partition coefficient (Wildman–Crippen LogP) is 4.12. The van der Waals surface area contributed by atoms with Crippen molar-refractivity contribution in [3.63, 3.8) is 0 Å². The molecule has 1 N–H and O–H groups in total. The van der Waals surface area contributed by atoms with Crippen LogP contribution in [-0.2, 0) is 16.6 Å². The average molecular weight is 476 g/mol. The van der Waals surface area contributed by atoms with E-state index in [2.05, 4.69) is 7.05 Å². The second-order valence-electron chi connectivity index (χ2n) is 12.0. The molecule has 2 saturated carbocycles. The number of ether oxygens (including phenoxy) is 1. The number of phenolic OH excluding ortho intramolecular Hbond substituents is 1. The minimum Gasteiger partial charge on any atom is -0.508 e. The Morgan fingerprint density at radius 3 is 2.89 bits per heavy atom. The molecular weight excluding hydrogens is 440 g/mol. The molecule has 7 rings (SSSR count). The Balaban J connectivity index is 1.26. The number of hydrogen-bond acceptors (Lipinski definition) is 4. The summed E-state index contributed by atoms with van der Waals surface area (Å²) in [4.78, 5) is 15.1. The summed E-state index contributed by atoms with van der Waals surface area (Å²) in [5, 5.41) is 11.0. The van der Waals surface area contributed by atoms with Crippen molar-refractivity contribution in [1.29, 1.82) is 0 Å². The first-order valence-electron chi connectivity index (χ1n) is 13.2. The number of likely N-dealkylation sites (N-methyl/N-ethyl adjacent to an activating group) is 2. The Bertz CT molecular complexity index is 1200. The van der Waals surface area contributed by atoms with Crippen molar-refractivity contribution in [3.05, 3.63) is 53.5 Å². The molecule has 3 aliphatic carbocycles. The van der Waals surface area contributed by atoms with Crippen molar-refractivity contribution in [2.75, 3.05) is 27.2 Å². The number of aromatic hydroxyl groups is 1. The Labute approximate surface area is 206 Å². The first-order valence-corrected chi connectivity index (χ1v) is 13.2. The number of hydrogen-bond donors (Lipinski definition) is 1. The van der Waals surface area contributed by atoms with E-state index in [1.165, 1.54) is 24.9 Å². The van der Waals surface area contributed by atoms with E-state index in [9.17, 15) is 9.90 Å². The smallest absolute Gasteiger partial charge is 0.246 e. The zero-order valence-corrected chi connectivity index (χ0v) is 20.7. The SMILES string of the molecule is CN(C(=O)/C=C/c1ccoc1)[C@@H]1CC[C@H]2[C@@H]3Cc4c(O)ccc5c4[C@]2(CC[N@@+]3(C)CC2CC2)C1O5. The maximum Gasteiger partial charge on any atom is 0.246 e. The molecule has 1 amide bonds. The Morgan fingerprint density at radius 1 is 1.26 bits per heavy atom. The first-order chi connectivity index (χ1) is 16.9. The van der Waals surface area contributed by atoms with Gasteiger partial charge >= 0.3 is 0 Å². The molecule has 6 heteroatoms. The highest BCUT2D eigenvalue weighted by Gasteiger charge is 2.69. The molecule has 1 aromatic carbocycles. The molecule has 2 aliphatic heterocycles. The van der Waals surface area contributed by atoms with Crippen LogP contribution >= 0.6 is 0 Å². The fourth-order valence-electron chi connectivity index (χ4n) is 8.32. The van der Waals surface area contributed by atoms with Crippen LogP contribution in [0.15, 0.2) is 41.2 Å². The van der Waals surface area contributed by atoms with Gasteiger partial charge in [0.25, 0.3) is 0 Å². The number of amides is 1. The van der Waals surface area contributed by atoms with Crippen molar-refractivity contribution in [2.45, 2.75) is 62.1 Å². The molecular formula is C29H35N2O4+. The molecule has 2 aromatic rings. The number of nitrogens with zero attached hydrogens (tertiary/aromatic N) is 2. The topological polar surface area (TPSA) is 62.9 Å². The van der Waals surface area contributed by atoms with Crippen LogP contribution in [0.3, 0.4) is 0 Å². The lowest BCUT2D eigenvalue weighted by Gasteiger charge is -2.62. The van der Waals surface area contributed by atoms with Gasteiger partial charge in [0.2, 0.25) is 5.91 Å². The third kappa shape index (κ3) is 3.01. The monoisotopic (exact) mass is 475 g/mol. The Morgan fingerprint density at radius 2 is 2.11 bits per heavy atom. The van der Waals surface area contributed by atoms with E-state index in [4.69, 9.17) is 9.15 Å². The van der Waals surface area contributed by atoms with Crippen LogP contribution in [0.1, 0.15) is 48.8 Å². The lowest BCUT2D eigenvalue weighted by atomic mass is 9.50. The van der Waals surface area contributed by atoms with E-state index in [0.29, 0.717) is 17.7 Å². The highest BCUT2D eigenvalue weighted by atomic mass is 16.5. The Kier molecular flexibility index (Phi) is 4.55. The van der Waals surface area contributed by atoms with Gasteiger partial charge in [-0.2, -0.15) is 0 Å². The number of carbonyl (C=O) groups excluding carboxylic acids is 1. The van der Waals surface area contributed by atoms with Crippen LogP contribution in [0.5, 0.6) is 11.5 Å². The van der Waals surface area contributed by atoms with Crippen molar-refractivity contribution >= 4 is 12.0 Å². The van der Waals surface area contributed by atoms with E-state index in [1.54, 1.807) is 18.6 Å². The predicted molar refractivity (Wildman–Crippen MR) is 132 cm³/mol. The largest absolute Gasteiger partial charge is 0.508 e. The van der Waals surface area contributed by atoms with Gasteiger partial charge < -0.3 is 23.6 Å². The maximum atomic E-state index is 13.2. The summed E-state index contributed by atoms with van der Waals surface area (Å²) in [5.41, 5.74) is 3.15. The summed E-state index contributed by atoms with van der Waals surface area (Å²) in [5.74, 6) is 2.75. The van der Waals surface area contributed by atoms with E-state index in [-0.39, 0.29) is 23.5 Å². The van der Waals surface area contributed by atoms with Gasteiger partial charge in [-0.15, -0.1) is 0 Å². The maximum absolute atomic E-state index is 13.2. The molecule has 1 spiro atoms. The van der Waals surface area contributed by atoms with Gasteiger partial charge in [-0.3, -0.25) is 4.79 Å². The zero-order valence-electron chi connectivity index (χ0n) is 20.7. The number of carbonyl (C=O) groups is 1. The van der Waals surface area contributed by atoms with Crippen LogP contribution in [0, 0.1) is 11.8 Å². The minimum atomic E-state index is -0.112. The summed E-state index contributed by atoms with van der Waals surface area (Å²) < 4.78 is 13.0. The first kappa shape index (κ1) is 21.5. The molecule has 0 radical (unpaired) electrons. The number of likely N-dealkylation sites (tertiary alicyclic amines) is 1. The van der Waals surface area contributed by atoms with Crippen molar-refractivity contribution < 1.29 is 23.5 Å². The summed E-state index contributed by atoms with van der Waals surface area (Å²) >= 11 is 0. The van der Waals surface area contributed by atoms with E-state index in [0.717, 1.165) is 59.5 Å². The van der Waals surface area contributed by atoms with Gasteiger partial charge in [0.15, 0.2) is 0 Å². The molecule has 1 saturated heterocycles. The summed E-state index contributed by atoms with van der Waals surface area (Å²) in [6, 6.07) is 6.14. The summed E-state index contributed by atoms with van der Waals surface area (Å²) in [6.07, 6.45) is 13.4. The number of piperidine rings is 1. The van der Waals surface area contributed by atoms with E-state index >= 15 is 0 Å². The van der Waals surface area contributed by atoms with Crippen molar-refractivity contribution in [3.8, 4) is 11.5 Å². The number of rotatable bonds is 5. The van der Waals surface area contributed by atoms with Gasteiger partial charge in [-0.1, -0.05) is 0 Å². The van der Waals surface area contributed by atoms with Crippen LogP contribution in [0.2, 0.25) is 0 Å². The quantitative estimate of drug-likeness (QED) is 0.522. The molecule has 3 fully saturated rings. The van der Waals surface area contributed by atoms with Crippen LogP contribution < -0.4 is 4.74 Å². The van der Waals surface area contributed by atoms with Crippen LogP contribution in [0.4, 0.5) is 0 Å². The summed E-state index contributed by atoms with van der Waals surface area (Å²) in [6.45, 7) is 2.41. The van der Waals surface area contributed by atoms with Crippen LogP contribution in [-0.4, -0.2) is 65.8 Å². The molecule has 1 unspecified atom stereocenters. The number of benzene rings is 1. The Hall–Kier alpha value is -2.73. The molecule has 5 aliphatic rings.